The van der Waals surface area contributed by atoms with E-state index in [1.807, 2.05) is 0 Å². The summed E-state index contributed by atoms with van der Waals surface area (Å²) in [6.07, 6.45) is 1.31. The quantitative estimate of drug-likeness (QED) is 0.745. The van der Waals surface area contributed by atoms with Gasteiger partial charge in [0.15, 0.2) is 0 Å². The van der Waals surface area contributed by atoms with E-state index in [0.717, 1.165) is 11.3 Å². The molecule has 2 aliphatic rings. The number of anilines is 1. The van der Waals surface area contributed by atoms with Crippen LogP contribution in [0.25, 0.3) is 0 Å². The van der Waals surface area contributed by atoms with E-state index in [-0.39, 0.29) is 16.7 Å². The number of benzene rings is 1. The Morgan fingerprint density at radius 3 is 2.71 bits per heavy atom. The Morgan fingerprint density at radius 2 is 2.00 bits per heavy atom. The van der Waals surface area contributed by atoms with Gasteiger partial charge in [0, 0.05) is 51.5 Å². The number of nitrogens with zero attached hydrogens (tertiary/aromatic N) is 4. The minimum atomic E-state index is -3.68. The molecule has 2 aliphatic heterocycles. The van der Waals surface area contributed by atoms with Crippen molar-refractivity contribution in [1.29, 1.82) is 0 Å². The molecule has 31 heavy (non-hydrogen) atoms. The average molecular weight is 446 g/mol. The number of hydrogen-bond donors (Lipinski definition) is 1. The number of carbonyl (C=O) groups is 1. The van der Waals surface area contributed by atoms with Crippen LogP contribution < -0.4 is 10.1 Å². The number of ether oxygens (including phenoxy) is 1. The zero-order valence-electron chi connectivity index (χ0n) is 18.0. The second-order valence-electron chi connectivity index (χ2n) is 7.80. The Bertz CT molecular complexity index is 1090. The fourth-order valence-electron chi connectivity index (χ4n) is 4.22. The van der Waals surface area contributed by atoms with Crippen LogP contribution in [0, 0.1) is 0 Å². The van der Waals surface area contributed by atoms with E-state index in [1.54, 1.807) is 43.1 Å². The number of aromatic nitrogens is 2. The minimum Gasteiger partial charge on any atom is -0.495 e. The van der Waals surface area contributed by atoms with Gasteiger partial charge in [0.1, 0.15) is 22.3 Å². The van der Waals surface area contributed by atoms with Crippen LogP contribution in [0.3, 0.4) is 0 Å². The van der Waals surface area contributed by atoms with Gasteiger partial charge in [0.05, 0.1) is 19.3 Å². The highest BCUT2D eigenvalue weighted by Gasteiger charge is 2.36. The van der Waals surface area contributed by atoms with Crippen molar-refractivity contribution in [3.05, 3.63) is 41.3 Å². The number of para-hydroxylation sites is 1. The Morgan fingerprint density at radius 1 is 1.23 bits per heavy atom. The van der Waals surface area contributed by atoms with Crippen LogP contribution in [-0.4, -0.2) is 67.3 Å². The fourth-order valence-corrected chi connectivity index (χ4v) is 5.88. The summed E-state index contributed by atoms with van der Waals surface area (Å²) in [7, 11) is -0.415. The molecule has 10 heteroatoms. The van der Waals surface area contributed by atoms with Crippen molar-refractivity contribution in [2.45, 2.75) is 37.1 Å². The number of hydrogen-bond acceptors (Lipinski definition) is 7. The molecule has 1 aromatic heterocycles. The SMILES string of the molecule is CNc1nc(C2CCN(S(=O)(=O)c3ccccc3OC)C2)nc2c1CN(C(C)=O)CC2. The van der Waals surface area contributed by atoms with Crippen LogP contribution in [-0.2, 0) is 27.8 Å². The number of methoxy groups -OCH3 is 1. The first-order valence-corrected chi connectivity index (χ1v) is 11.7. The van der Waals surface area contributed by atoms with Gasteiger partial charge in [-0.25, -0.2) is 18.4 Å². The van der Waals surface area contributed by atoms with Gasteiger partial charge in [-0.3, -0.25) is 4.79 Å². The number of sulfonamides is 1. The summed E-state index contributed by atoms with van der Waals surface area (Å²) in [6.45, 7) is 3.40. The Balaban J connectivity index is 1.59. The van der Waals surface area contributed by atoms with Crippen LogP contribution in [0.15, 0.2) is 29.2 Å². The molecule has 0 bridgehead atoms. The van der Waals surface area contributed by atoms with Gasteiger partial charge in [-0.15, -0.1) is 0 Å². The van der Waals surface area contributed by atoms with Crippen molar-refractivity contribution in [3.63, 3.8) is 0 Å². The van der Waals surface area contributed by atoms with Gasteiger partial charge < -0.3 is 15.0 Å². The highest BCUT2D eigenvalue weighted by atomic mass is 32.2. The molecule has 1 fully saturated rings. The largest absolute Gasteiger partial charge is 0.495 e. The lowest BCUT2D eigenvalue weighted by atomic mass is 10.0. The van der Waals surface area contributed by atoms with Gasteiger partial charge >= 0.3 is 0 Å². The first kappa shape index (κ1) is 21.5. The van der Waals surface area contributed by atoms with Gasteiger partial charge in [0.25, 0.3) is 0 Å². The smallest absolute Gasteiger partial charge is 0.246 e. The van der Waals surface area contributed by atoms with Crippen molar-refractivity contribution in [3.8, 4) is 5.75 Å². The Kier molecular flexibility index (Phi) is 5.85. The second-order valence-corrected chi connectivity index (χ2v) is 9.70. The molecular formula is C21H27N5O4S. The molecule has 1 saturated heterocycles. The summed E-state index contributed by atoms with van der Waals surface area (Å²) in [5.74, 6) is 1.63. The highest BCUT2D eigenvalue weighted by Crippen LogP contribution is 2.34. The summed E-state index contributed by atoms with van der Waals surface area (Å²) in [5.41, 5.74) is 1.86. The monoisotopic (exact) mass is 445 g/mol. The number of nitrogens with one attached hydrogen (secondary N) is 1. The third-order valence-electron chi connectivity index (χ3n) is 5.96. The average Bonchev–Trinajstić information content (AvgIpc) is 3.29. The van der Waals surface area contributed by atoms with Crippen molar-refractivity contribution >= 4 is 21.7 Å². The van der Waals surface area contributed by atoms with E-state index in [9.17, 15) is 13.2 Å². The maximum absolute atomic E-state index is 13.2. The lowest BCUT2D eigenvalue weighted by molar-refractivity contribution is -0.129. The maximum atomic E-state index is 13.2. The number of amides is 1. The third kappa shape index (κ3) is 3.97. The lowest BCUT2D eigenvalue weighted by Crippen LogP contribution is -2.35. The number of carbonyl (C=O) groups excluding carboxylic acids is 1. The number of fused-ring (bicyclic) bond motifs is 1. The molecule has 9 nitrogen and oxygen atoms in total. The first-order valence-electron chi connectivity index (χ1n) is 10.3. The van der Waals surface area contributed by atoms with E-state index < -0.39 is 10.0 Å². The van der Waals surface area contributed by atoms with E-state index in [4.69, 9.17) is 14.7 Å². The molecule has 1 amide bonds. The van der Waals surface area contributed by atoms with Gasteiger partial charge in [-0.1, -0.05) is 12.1 Å². The molecule has 0 radical (unpaired) electrons. The Labute approximate surface area is 182 Å². The van der Waals surface area contributed by atoms with Gasteiger partial charge in [-0.2, -0.15) is 4.31 Å². The van der Waals surface area contributed by atoms with Gasteiger partial charge in [-0.05, 0) is 18.6 Å². The summed E-state index contributed by atoms with van der Waals surface area (Å²) >= 11 is 0. The fraction of sp³-hybridized carbons (Fsp3) is 0.476. The third-order valence-corrected chi connectivity index (χ3v) is 7.87. The van der Waals surface area contributed by atoms with E-state index >= 15 is 0 Å². The second kappa shape index (κ2) is 8.43. The summed E-state index contributed by atoms with van der Waals surface area (Å²) in [5, 5.41) is 3.12. The molecule has 1 aromatic carbocycles. The molecule has 1 atom stereocenters. The molecule has 1 N–H and O–H groups in total. The van der Waals surface area contributed by atoms with E-state index in [2.05, 4.69) is 5.32 Å². The molecule has 2 aromatic rings. The zero-order chi connectivity index (χ0) is 22.2. The summed E-state index contributed by atoms with van der Waals surface area (Å²) < 4.78 is 33.1. The topological polar surface area (TPSA) is 105 Å². The van der Waals surface area contributed by atoms with E-state index in [1.165, 1.54) is 11.4 Å². The Hall–Kier alpha value is -2.72. The molecule has 1 unspecified atom stereocenters. The molecule has 0 saturated carbocycles. The molecular weight excluding hydrogens is 418 g/mol. The molecule has 0 spiro atoms. The summed E-state index contributed by atoms with van der Waals surface area (Å²) in [4.78, 5) is 23.2. The first-order chi connectivity index (χ1) is 14.8. The number of rotatable bonds is 5. The standard InChI is InChI=1S/C21H27N5O4S/c1-14(27)25-10-9-17-16(13-25)21(22-2)24-20(23-17)15-8-11-26(12-15)31(28,29)19-7-5-4-6-18(19)30-3/h4-7,15H,8-13H2,1-3H3,(H,22,23,24). The summed E-state index contributed by atoms with van der Waals surface area (Å²) in [6, 6.07) is 6.66. The highest BCUT2D eigenvalue weighted by molar-refractivity contribution is 7.89. The van der Waals surface area contributed by atoms with Crippen molar-refractivity contribution in [2.75, 3.05) is 39.1 Å². The van der Waals surface area contributed by atoms with Crippen molar-refractivity contribution in [1.82, 2.24) is 19.2 Å². The predicted octanol–water partition coefficient (Wildman–Crippen LogP) is 1.61. The van der Waals surface area contributed by atoms with Crippen LogP contribution in [0.4, 0.5) is 5.82 Å². The molecule has 4 rings (SSSR count). The van der Waals surface area contributed by atoms with Gasteiger partial charge in [0.2, 0.25) is 15.9 Å². The van der Waals surface area contributed by atoms with Crippen LogP contribution in [0.2, 0.25) is 0 Å². The predicted molar refractivity (Wildman–Crippen MR) is 115 cm³/mol. The maximum Gasteiger partial charge on any atom is 0.246 e. The van der Waals surface area contributed by atoms with Crippen LogP contribution in [0.5, 0.6) is 5.75 Å². The van der Waals surface area contributed by atoms with E-state index in [0.29, 0.717) is 56.4 Å². The normalized spacial score (nSPS) is 19.2. The zero-order valence-corrected chi connectivity index (χ0v) is 18.8. The van der Waals surface area contributed by atoms with Crippen LogP contribution >= 0.6 is 0 Å². The van der Waals surface area contributed by atoms with Crippen molar-refractivity contribution in [2.24, 2.45) is 0 Å². The molecule has 166 valence electrons. The van der Waals surface area contributed by atoms with Crippen LogP contribution in [0.1, 0.15) is 36.3 Å². The minimum absolute atomic E-state index is 0.0322. The molecule has 0 aliphatic carbocycles. The lowest BCUT2D eigenvalue weighted by Gasteiger charge is -2.29. The molecule has 3 heterocycles. The van der Waals surface area contributed by atoms with Crippen molar-refractivity contribution < 1.29 is 17.9 Å².